The predicted molar refractivity (Wildman–Crippen MR) is 130 cm³/mol. The van der Waals surface area contributed by atoms with Crippen molar-refractivity contribution in [2.45, 2.75) is 95.8 Å². The largest absolute Gasteiger partial charge is 0.343 e. The Morgan fingerprint density at radius 3 is 2.38 bits per heavy atom. The Bertz CT molecular complexity index is 886. The van der Waals surface area contributed by atoms with Gasteiger partial charge in [0.15, 0.2) is 0 Å². The Kier molecular flexibility index (Phi) is 8.69. The van der Waals surface area contributed by atoms with Gasteiger partial charge >= 0.3 is 0 Å². The van der Waals surface area contributed by atoms with Gasteiger partial charge in [-0.15, -0.1) is 0 Å². The lowest BCUT2D eigenvalue weighted by Crippen LogP contribution is -2.64. The second-order valence-corrected chi connectivity index (χ2v) is 9.93. The van der Waals surface area contributed by atoms with E-state index < -0.39 is 29.6 Å². The zero-order valence-corrected chi connectivity index (χ0v) is 20.6. The molecule has 0 radical (unpaired) electrons. The van der Waals surface area contributed by atoms with Crippen LogP contribution in [0, 0.1) is 0 Å². The third-order valence-corrected chi connectivity index (χ3v) is 6.71. The number of hydrogen-bond donors (Lipinski definition) is 3. The first-order chi connectivity index (χ1) is 16.2. The smallest absolute Gasteiger partial charge is 0.246 e. The number of benzene rings is 1. The van der Waals surface area contributed by atoms with E-state index >= 15 is 0 Å². The Morgan fingerprint density at radius 1 is 0.941 bits per heavy atom. The van der Waals surface area contributed by atoms with Crippen LogP contribution in [0.2, 0.25) is 0 Å². The molecule has 3 N–H and O–H groups in total. The minimum Gasteiger partial charge on any atom is -0.343 e. The molecule has 0 saturated carbocycles. The normalized spacial score (nSPS) is 25.5. The van der Waals surface area contributed by atoms with Crippen LogP contribution >= 0.6 is 0 Å². The van der Waals surface area contributed by atoms with Gasteiger partial charge in [-0.3, -0.25) is 19.2 Å². The molecule has 2 saturated heterocycles. The van der Waals surface area contributed by atoms with E-state index in [0.29, 0.717) is 32.2 Å². The molecular formula is C26H38N4O4. The van der Waals surface area contributed by atoms with Crippen LogP contribution in [0.25, 0.3) is 0 Å². The zero-order valence-electron chi connectivity index (χ0n) is 20.6. The van der Waals surface area contributed by atoms with E-state index in [1.54, 1.807) is 18.7 Å². The lowest BCUT2D eigenvalue weighted by Gasteiger charge is -2.34. The van der Waals surface area contributed by atoms with Gasteiger partial charge in [-0.1, -0.05) is 62.9 Å². The SMILES string of the molecule is CCCCCC[C@@H]1NC(=O)[C@H]2CCCN2C(=O)[C@H](Cc2ccccc2)NC(=O)C(C)(C)NC1=O. The maximum absolute atomic E-state index is 13.6. The van der Waals surface area contributed by atoms with Gasteiger partial charge in [0.25, 0.3) is 0 Å². The highest BCUT2D eigenvalue weighted by Gasteiger charge is 2.42. The summed E-state index contributed by atoms with van der Waals surface area (Å²) < 4.78 is 0. The number of nitrogens with zero attached hydrogens (tertiary/aromatic N) is 1. The van der Waals surface area contributed by atoms with Crippen molar-refractivity contribution >= 4 is 23.6 Å². The van der Waals surface area contributed by atoms with Gasteiger partial charge < -0.3 is 20.9 Å². The number of fused-ring (bicyclic) bond motifs is 1. The van der Waals surface area contributed by atoms with Gasteiger partial charge in [0, 0.05) is 13.0 Å². The minimum atomic E-state index is -1.25. The van der Waals surface area contributed by atoms with Crippen molar-refractivity contribution in [2.75, 3.05) is 6.54 Å². The summed E-state index contributed by atoms with van der Waals surface area (Å²) in [7, 11) is 0. The van der Waals surface area contributed by atoms with E-state index in [1.165, 1.54) is 0 Å². The average Bonchev–Trinajstić information content (AvgIpc) is 3.30. The summed E-state index contributed by atoms with van der Waals surface area (Å²) in [6.45, 7) is 5.80. The van der Waals surface area contributed by atoms with Crippen LogP contribution in [-0.4, -0.2) is 58.7 Å². The lowest BCUT2D eigenvalue weighted by molar-refractivity contribution is -0.144. The van der Waals surface area contributed by atoms with Gasteiger partial charge in [-0.05, 0) is 38.7 Å². The molecule has 1 aromatic rings. The molecular weight excluding hydrogens is 432 g/mol. The Labute approximate surface area is 202 Å². The van der Waals surface area contributed by atoms with Crippen molar-refractivity contribution in [1.82, 2.24) is 20.9 Å². The Hall–Kier alpha value is -2.90. The highest BCUT2D eigenvalue weighted by Crippen LogP contribution is 2.21. The van der Waals surface area contributed by atoms with Crippen LogP contribution in [0.1, 0.15) is 71.3 Å². The zero-order chi connectivity index (χ0) is 24.7. The lowest BCUT2D eigenvalue weighted by atomic mass is 9.98. The van der Waals surface area contributed by atoms with Crippen molar-refractivity contribution in [3.8, 4) is 0 Å². The first-order valence-electron chi connectivity index (χ1n) is 12.5. The maximum atomic E-state index is 13.6. The van der Waals surface area contributed by atoms with Gasteiger partial charge in [0.2, 0.25) is 23.6 Å². The fraction of sp³-hybridized carbons (Fsp3) is 0.615. The molecule has 0 unspecified atom stereocenters. The first kappa shape index (κ1) is 25.7. The number of rotatable bonds is 7. The molecule has 3 atom stereocenters. The number of hydrogen-bond acceptors (Lipinski definition) is 4. The average molecular weight is 471 g/mol. The molecule has 4 amide bonds. The summed E-state index contributed by atoms with van der Waals surface area (Å²) in [5.74, 6) is -1.37. The molecule has 2 fully saturated rings. The molecule has 0 aliphatic carbocycles. The van der Waals surface area contributed by atoms with E-state index in [2.05, 4.69) is 22.9 Å². The second-order valence-electron chi connectivity index (χ2n) is 9.93. The molecule has 2 heterocycles. The summed E-state index contributed by atoms with van der Waals surface area (Å²) in [6, 6.07) is 7.25. The molecule has 8 heteroatoms. The molecule has 2 aliphatic rings. The van der Waals surface area contributed by atoms with Gasteiger partial charge in [-0.25, -0.2) is 0 Å². The van der Waals surface area contributed by atoms with Crippen LogP contribution in [0.3, 0.4) is 0 Å². The van der Waals surface area contributed by atoms with Crippen molar-refractivity contribution in [1.29, 1.82) is 0 Å². The van der Waals surface area contributed by atoms with Crippen molar-refractivity contribution in [2.24, 2.45) is 0 Å². The Morgan fingerprint density at radius 2 is 1.68 bits per heavy atom. The molecule has 3 rings (SSSR count). The summed E-state index contributed by atoms with van der Waals surface area (Å²) in [6.07, 6.45) is 5.94. The second kappa shape index (κ2) is 11.5. The molecule has 0 aromatic heterocycles. The quantitative estimate of drug-likeness (QED) is 0.530. The highest BCUT2D eigenvalue weighted by atomic mass is 16.2. The molecule has 2 aliphatic heterocycles. The van der Waals surface area contributed by atoms with E-state index in [9.17, 15) is 19.2 Å². The number of unbranched alkanes of at least 4 members (excludes halogenated alkanes) is 3. The van der Waals surface area contributed by atoms with Crippen LogP contribution in [0.15, 0.2) is 30.3 Å². The third kappa shape index (κ3) is 6.36. The Balaban J connectivity index is 1.88. The highest BCUT2D eigenvalue weighted by molar-refractivity contribution is 5.99. The van der Waals surface area contributed by atoms with Crippen molar-refractivity contribution in [3.05, 3.63) is 35.9 Å². The van der Waals surface area contributed by atoms with E-state index in [4.69, 9.17) is 0 Å². The number of amides is 4. The van der Waals surface area contributed by atoms with Crippen molar-refractivity contribution < 1.29 is 19.2 Å². The van der Waals surface area contributed by atoms with Crippen LogP contribution in [0.5, 0.6) is 0 Å². The van der Waals surface area contributed by atoms with Gasteiger partial charge in [0.05, 0.1) is 0 Å². The fourth-order valence-corrected chi connectivity index (χ4v) is 4.66. The first-order valence-corrected chi connectivity index (χ1v) is 12.5. The monoisotopic (exact) mass is 470 g/mol. The van der Waals surface area contributed by atoms with Crippen LogP contribution in [-0.2, 0) is 25.6 Å². The third-order valence-electron chi connectivity index (χ3n) is 6.71. The summed E-state index contributed by atoms with van der Waals surface area (Å²) in [5, 5.41) is 8.57. The number of carbonyl (C=O) groups is 4. The summed E-state index contributed by atoms with van der Waals surface area (Å²) >= 11 is 0. The van der Waals surface area contributed by atoms with Crippen LogP contribution < -0.4 is 16.0 Å². The molecule has 1 aromatic carbocycles. The van der Waals surface area contributed by atoms with Crippen molar-refractivity contribution in [3.63, 3.8) is 0 Å². The van der Waals surface area contributed by atoms with Crippen LogP contribution in [0.4, 0.5) is 0 Å². The molecule has 34 heavy (non-hydrogen) atoms. The molecule has 186 valence electrons. The topological polar surface area (TPSA) is 108 Å². The number of carbonyl (C=O) groups excluding carboxylic acids is 4. The van der Waals surface area contributed by atoms with E-state index in [0.717, 1.165) is 31.2 Å². The molecule has 0 spiro atoms. The predicted octanol–water partition coefficient (Wildman–Crippen LogP) is 2.07. The summed E-state index contributed by atoms with van der Waals surface area (Å²) in [4.78, 5) is 54.7. The van der Waals surface area contributed by atoms with E-state index in [-0.39, 0.29) is 17.7 Å². The summed E-state index contributed by atoms with van der Waals surface area (Å²) in [5.41, 5.74) is -0.343. The number of nitrogens with one attached hydrogen (secondary N) is 3. The van der Waals surface area contributed by atoms with E-state index in [1.807, 2.05) is 30.3 Å². The standard InChI is InChI=1S/C26H38N4O4/c1-4-5-6-10-14-19-22(31)29-26(2,3)25(34)28-20(17-18-12-8-7-9-13-18)24(33)30-16-11-15-21(30)23(32)27-19/h7-9,12-13,19-21H,4-6,10-11,14-17H2,1-3H3,(H,27,32)(H,28,34)(H,29,31)/t19-,20-,21+/m0/s1. The molecule has 0 bridgehead atoms. The van der Waals surface area contributed by atoms with Gasteiger partial charge in [-0.2, -0.15) is 0 Å². The maximum Gasteiger partial charge on any atom is 0.246 e. The van der Waals surface area contributed by atoms with Gasteiger partial charge in [0.1, 0.15) is 23.7 Å². The minimum absolute atomic E-state index is 0.267. The fourth-order valence-electron chi connectivity index (χ4n) is 4.66. The molecule has 8 nitrogen and oxygen atoms in total.